The van der Waals surface area contributed by atoms with Gasteiger partial charge >= 0.3 is 0 Å². The zero-order valence-corrected chi connectivity index (χ0v) is 14.8. The van der Waals surface area contributed by atoms with Crippen LogP contribution in [0.15, 0.2) is 23.1 Å². The largest absolute Gasteiger partial charge is 0.487 e. The van der Waals surface area contributed by atoms with Gasteiger partial charge in [-0.05, 0) is 18.2 Å². The lowest BCUT2D eigenvalue weighted by Crippen LogP contribution is -2.41. The lowest BCUT2D eigenvalue weighted by atomic mass is 10.1. The summed E-state index contributed by atoms with van der Waals surface area (Å²) >= 11 is 0. The highest BCUT2D eigenvalue weighted by Crippen LogP contribution is 2.24. The lowest BCUT2D eigenvalue weighted by Gasteiger charge is -2.23. The number of rotatable bonds is 7. The Morgan fingerprint density at radius 2 is 1.96 bits per heavy atom. The van der Waals surface area contributed by atoms with Crippen molar-refractivity contribution in [3.05, 3.63) is 24.0 Å². The highest BCUT2D eigenvalue weighted by molar-refractivity contribution is 7.89. The Kier molecular flexibility index (Phi) is 7.94. The number of nitrogens with one attached hydrogen (secondary N) is 1. The van der Waals surface area contributed by atoms with Crippen LogP contribution in [0.5, 0.6) is 5.75 Å². The molecule has 1 aliphatic heterocycles. The first-order valence-electron chi connectivity index (χ1n) is 7.35. The number of alkyl halides is 2. The molecule has 1 aromatic carbocycles. The van der Waals surface area contributed by atoms with Crippen molar-refractivity contribution >= 4 is 22.4 Å². The van der Waals surface area contributed by atoms with E-state index in [9.17, 15) is 21.6 Å². The molecule has 144 valence electrons. The predicted molar refractivity (Wildman–Crippen MR) is 87.3 cm³/mol. The average Bonchev–Trinajstić information content (AvgIpc) is 2.56. The second-order valence-electron chi connectivity index (χ2n) is 5.41. The van der Waals surface area contributed by atoms with Gasteiger partial charge in [-0.25, -0.2) is 26.3 Å². The highest BCUT2D eigenvalue weighted by atomic mass is 35.5. The van der Waals surface area contributed by atoms with E-state index in [-0.39, 0.29) is 24.3 Å². The van der Waals surface area contributed by atoms with Crippen LogP contribution in [0.2, 0.25) is 0 Å². The normalized spacial score (nSPS) is 16.3. The topological polar surface area (TPSA) is 90.7 Å². The van der Waals surface area contributed by atoms with E-state index >= 15 is 0 Å². The number of hydrogen-bond acceptors (Lipinski definition) is 5. The van der Waals surface area contributed by atoms with Gasteiger partial charge in [-0.2, -0.15) is 0 Å². The molecule has 3 N–H and O–H groups in total. The number of ether oxygens (including phenoxy) is 2. The third-order valence-electron chi connectivity index (χ3n) is 3.50. The van der Waals surface area contributed by atoms with Crippen LogP contribution in [0.3, 0.4) is 0 Å². The molecular formula is C14H20ClF3N2O4S. The molecule has 6 nitrogen and oxygen atoms in total. The average molecular weight is 405 g/mol. The number of nitrogens with two attached hydrogens (primary N) is 1. The van der Waals surface area contributed by atoms with Crippen LogP contribution >= 0.6 is 12.4 Å². The Morgan fingerprint density at radius 1 is 1.32 bits per heavy atom. The van der Waals surface area contributed by atoms with Gasteiger partial charge in [0.2, 0.25) is 10.0 Å². The van der Waals surface area contributed by atoms with Crippen molar-refractivity contribution in [2.24, 2.45) is 5.73 Å². The minimum Gasteiger partial charge on any atom is -0.487 e. The van der Waals surface area contributed by atoms with Crippen molar-refractivity contribution in [2.75, 3.05) is 26.3 Å². The third kappa shape index (κ3) is 6.30. The molecule has 25 heavy (non-hydrogen) atoms. The molecule has 0 spiro atoms. The van der Waals surface area contributed by atoms with Crippen LogP contribution < -0.4 is 15.2 Å². The molecule has 1 saturated heterocycles. The summed E-state index contributed by atoms with van der Waals surface area (Å²) in [4.78, 5) is -0.466. The molecule has 1 aromatic rings. The van der Waals surface area contributed by atoms with Crippen LogP contribution in [0, 0.1) is 5.82 Å². The summed E-state index contributed by atoms with van der Waals surface area (Å²) in [6.45, 7) is -1.13. The number of benzene rings is 1. The summed E-state index contributed by atoms with van der Waals surface area (Å²) in [5.74, 6) is -4.35. The molecule has 0 aliphatic carbocycles. The van der Waals surface area contributed by atoms with E-state index in [0.717, 1.165) is 12.1 Å². The van der Waals surface area contributed by atoms with E-state index in [4.69, 9.17) is 15.2 Å². The van der Waals surface area contributed by atoms with Crippen molar-refractivity contribution in [3.63, 3.8) is 0 Å². The summed E-state index contributed by atoms with van der Waals surface area (Å²) in [5, 5.41) is 0. The molecule has 0 amide bonds. The van der Waals surface area contributed by atoms with Gasteiger partial charge < -0.3 is 15.2 Å². The van der Waals surface area contributed by atoms with Crippen LogP contribution in [0.1, 0.15) is 12.8 Å². The monoisotopic (exact) mass is 404 g/mol. The molecule has 1 fully saturated rings. The van der Waals surface area contributed by atoms with E-state index in [2.05, 4.69) is 0 Å². The maximum absolute atomic E-state index is 14.1. The Labute approximate surface area is 150 Å². The van der Waals surface area contributed by atoms with Crippen molar-refractivity contribution in [1.82, 2.24) is 4.72 Å². The van der Waals surface area contributed by atoms with E-state index in [1.165, 1.54) is 6.07 Å². The molecule has 0 atom stereocenters. The van der Waals surface area contributed by atoms with E-state index in [0.29, 0.717) is 26.1 Å². The Morgan fingerprint density at radius 3 is 2.52 bits per heavy atom. The first-order valence-corrected chi connectivity index (χ1v) is 8.83. The molecule has 11 heteroatoms. The van der Waals surface area contributed by atoms with Gasteiger partial charge in [-0.15, -0.1) is 12.4 Å². The Hall–Kier alpha value is -1.07. The number of sulfonamides is 1. The van der Waals surface area contributed by atoms with Crippen LogP contribution in [0.4, 0.5) is 13.2 Å². The maximum atomic E-state index is 14.1. The summed E-state index contributed by atoms with van der Waals surface area (Å²) in [5.41, 5.74) is 4.84. The molecule has 0 bridgehead atoms. The minimum absolute atomic E-state index is 0. The quantitative estimate of drug-likeness (QED) is 0.721. The zero-order chi connectivity index (χ0) is 17.8. The lowest BCUT2D eigenvalue weighted by molar-refractivity contribution is 0.0170. The summed E-state index contributed by atoms with van der Waals surface area (Å²) in [6.07, 6.45) is 1.00. The van der Waals surface area contributed by atoms with E-state index in [1.807, 2.05) is 0 Å². The van der Waals surface area contributed by atoms with Crippen molar-refractivity contribution in [3.8, 4) is 5.75 Å². The van der Waals surface area contributed by atoms with E-state index < -0.39 is 39.7 Å². The van der Waals surface area contributed by atoms with Crippen LogP contribution in [-0.2, 0) is 14.8 Å². The fourth-order valence-electron chi connectivity index (χ4n) is 2.07. The fourth-order valence-corrected chi connectivity index (χ4v) is 3.15. The first kappa shape index (κ1) is 22.0. The van der Waals surface area contributed by atoms with Gasteiger partial charge in [-0.1, -0.05) is 0 Å². The summed E-state index contributed by atoms with van der Waals surface area (Å²) in [7, 11) is -4.28. The second-order valence-corrected chi connectivity index (χ2v) is 7.17. The molecule has 2 rings (SSSR count). The zero-order valence-electron chi connectivity index (χ0n) is 13.2. The van der Waals surface area contributed by atoms with Gasteiger partial charge in [0.15, 0.2) is 11.6 Å². The summed E-state index contributed by atoms with van der Waals surface area (Å²) in [6, 6.07) is 3.00. The number of halogens is 4. The molecule has 0 aromatic heterocycles. The Bertz CT molecular complexity index is 670. The summed E-state index contributed by atoms with van der Waals surface area (Å²) < 4.78 is 76.4. The van der Waals surface area contributed by atoms with Gasteiger partial charge in [-0.3, -0.25) is 0 Å². The van der Waals surface area contributed by atoms with Gasteiger partial charge in [0.1, 0.15) is 6.10 Å². The minimum atomic E-state index is -4.28. The van der Waals surface area contributed by atoms with Crippen molar-refractivity contribution in [1.29, 1.82) is 0 Å². The van der Waals surface area contributed by atoms with Crippen LogP contribution in [0.25, 0.3) is 0 Å². The highest BCUT2D eigenvalue weighted by Gasteiger charge is 2.29. The molecule has 0 saturated carbocycles. The second kappa shape index (κ2) is 9.04. The molecular weight excluding hydrogens is 385 g/mol. The maximum Gasteiger partial charge on any atom is 0.273 e. The van der Waals surface area contributed by atoms with Crippen molar-refractivity contribution in [2.45, 2.75) is 29.8 Å². The molecule has 0 unspecified atom stereocenters. The Balaban J connectivity index is 0.00000312. The predicted octanol–water partition coefficient (Wildman–Crippen LogP) is 1.68. The van der Waals surface area contributed by atoms with Gasteiger partial charge in [0.05, 0.1) is 31.2 Å². The third-order valence-corrected chi connectivity index (χ3v) is 4.89. The number of hydrogen-bond donors (Lipinski definition) is 2. The van der Waals surface area contributed by atoms with Crippen molar-refractivity contribution < 1.29 is 31.1 Å². The smallest absolute Gasteiger partial charge is 0.273 e. The van der Waals surface area contributed by atoms with E-state index in [1.54, 1.807) is 4.72 Å². The molecule has 1 aliphatic rings. The molecule has 0 radical (unpaired) electrons. The van der Waals surface area contributed by atoms with Gasteiger partial charge in [0, 0.05) is 12.8 Å². The van der Waals surface area contributed by atoms with Gasteiger partial charge in [0.25, 0.3) is 5.92 Å². The first-order chi connectivity index (χ1) is 11.2. The van der Waals surface area contributed by atoms with Crippen LogP contribution in [-0.4, -0.2) is 46.7 Å². The fraction of sp³-hybridized carbons (Fsp3) is 0.571. The molecule has 1 heterocycles. The standard InChI is InChI=1S/C14H19F3N2O4S.ClH/c15-12-7-11(24(20,21)19-9-14(16,17)8-18)1-2-13(12)23-10-3-5-22-6-4-10;/h1-2,7,10,19H,3-6,8-9,18H2;1H. The SMILES string of the molecule is Cl.NCC(F)(F)CNS(=O)(=O)c1ccc(OC2CCOCC2)c(F)c1.